The molecule has 0 aromatic carbocycles. The van der Waals surface area contributed by atoms with Crippen molar-refractivity contribution in [2.45, 2.75) is 51.1 Å². The molecule has 1 aliphatic rings. The van der Waals surface area contributed by atoms with Gasteiger partial charge in [-0.2, -0.15) is 0 Å². The van der Waals surface area contributed by atoms with Crippen LogP contribution in [0.2, 0.25) is 0 Å². The second-order valence-electron chi connectivity index (χ2n) is 5.97. The molecule has 6 heteroatoms. The van der Waals surface area contributed by atoms with Crippen molar-refractivity contribution in [2.75, 3.05) is 18.0 Å². The number of hydrogen-bond acceptors (Lipinski definition) is 5. The molecule has 1 aliphatic heterocycles. The number of carbonyl (C=O) groups is 1. The van der Waals surface area contributed by atoms with Crippen LogP contribution in [0.1, 0.15) is 39.5 Å². The predicted molar refractivity (Wildman–Crippen MR) is 82.9 cm³/mol. The third kappa shape index (κ3) is 4.14. The van der Waals surface area contributed by atoms with Gasteiger partial charge in [0, 0.05) is 31.5 Å². The van der Waals surface area contributed by atoms with Crippen molar-refractivity contribution in [1.82, 2.24) is 15.3 Å². The fourth-order valence-corrected chi connectivity index (χ4v) is 2.71. The Hall–Kier alpha value is -1.69. The van der Waals surface area contributed by atoms with E-state index < -0.39 is 5.54 Å². The van der Waals surface area contributed by atoms with Gasteiger partial charge in [-0.15, -0.1) is 0 Å². The number of hydrogen-bond donors (Lipinski definition) is 2. The number of nitrogens with one attached hydrogen (secondary N) is 1. The summed E-state index contributed by atoms with van der Waals surface area (Å²) >= 11 is 0. The number of nitrogens with two attached hydrogens (primary N) is 1. The Kier molecular flexibility index (Phi) is 5.12. The van der Waals surface area contributed by atoms with Crippen molar-refractivity contribution in [1.29, 1.82) is 0 Å². The lowest BCUT2D eigenvalue weighted by molar-refractivity contribution is -0.126. The van der Waals surface area contributed by atoms with Crippen molar-refractivity contribution >= 4 is 11.9 Å². The van der Waals surface area contributed by atoms with Crippen LogP contribution < -0.4 is 16.0 Å². The number of nitrogens with zero attached hydrogens (tertiary/aromatic N) is 3. The van der Waals surface area contributed by atoms with E-state index in [0.29, 0.717) is 6.42 Å². The largest absolute Gasteiger partial charge is 0.350 e. The monoisotopic (exact) mass is 291 g/mol. The molecular weight excluding hydrogens is 266 g/mol. The summed E-state index contributed by atoms with van der Waals surface area (Å²) in [5.74, 6) is 0.658. The molecule has 0 radical (unpaired) electrons. The summed E-state index contributed by atoms with van der Waals surface area (Å²) in [5, 5.41) is 3.08. The van der Waals surface area contributed by atoms with Gasteiger partial charge in [0.1, 0.15) is 0 Å². The number of anilines is 1. The average Bonchev–Trinajstić information content (AvgIpc) is 2.48. The standard InChI is InChI=1S/C15H25N5O/c1-3-7-15(2,16)13(21)19-12-6-4-10-20(11-12)14-17-8-5-9-18-14/h5,8-9,12H,3-4,6-7,10-11,16H2,1-2H3,(H,19,21). The number of aromatic nitrogens is 2. The van der Waals surface area contributed by atoms with E-state index in [4.69, 9.17) is 5.73 Å². The van der Waals surface area contributed by atoms with Crippen molar-refractivity contribution in [3.05, 3.63) is 18.5 Å². The molecule has 2 heterocycles. The molecule has 21 heavy (non-hydrogen) atoms. The molecule has 0 saturated carbocycles. The van der Waals surface area contributed by atoms with Crippen LogP contribution >= 0.6 is 0 Å². The van der Waals surface area contributed by atoms with Crippen molar-refractivity contribution in [3.8, 4) is 0 Å². The third-order valence-corrected chi connectivity index (χ3v) is 3.88. The number of piperidine rings is 1. The highest BCUT2D eigenvalue weighted by atomic mass is 16.2. The van der Waals surface area contributed by atoms with Gasteiger partial charge in [0.2, 0.25) is 11.9 Å². The number of carbonyl (C=O) groups excluding carboxylic acids is 1. The van der Waals surface area contributed by atoms with Crippen LogP contribution in [0.25, 0.3) is 0 Å². The smallest absolute Gasteiger partial charge is 0.240 e. The highest BCUT2D eigenvalue weighted by Gasteiger charge is 2.30. The van der Waals surface area contributed by atoms with E-state index in [2.05, 4.69) is 20.2 Å². The van der Waals surface area contributed by atoms with Gasteiger partial charge in [-0.05, 0) is 32.3 Å². The Morgan fingerprint density at radius 2 is 2.24 bits per heavy atom. The van der Waals surface area contributed by atoms with Crippen molar-refractivity contribution < 1.29 is 4.79 Å². The fourth-order valence-electron chi connectivity index (χ4n) is 2.71. The van der Waals surface area contributed by atoms with Gasteiger partial charge in [-0.3, -0.25) is 4.79 Å². The maximum absolute atomic E-state index is 12.3. The van der Waals surface area contributed by atoms with E-state index in [1.165, 1.54) is 0 Å². The van der Waals surface area contributed by atoms with Crippen LogP contribution in [0.15, 0.2) is 18.5 Å². The van der Waals surface area contributed by atoms with Crippen molar-refractivity contribution in [2.24, 2.45) is 5.73 Å². The Balaban J connectivity index is 1.94. The molecular formula is C15H25N5O. The zero-order chi connectivity index (χ0) is 15.3. The summed E-state index contributed by atoms with van der Waals surface area (Å²) in [7, 11) is 0. The zero-order valence-electron chi connectivity index (χ0n) is 12.9. The molecule has 116 valence electrons. The summed E-state index contributed by atoms with van der Waals surface area (Å²) in [6.45, 7) is 5.49. The lowest BCUT2D eigenvalue weighted by Gasteiger charge is -2.35. The van der Waals surface area contributed by atoms with Gasteiger partial charge in [0.15, 0.2) is 0 Å². The molecule has 6 nitrogen and oxygen atoms in total. The Bertz CT molecular complexity index is 462. The van der Waals surface area contributed by atoms with Crippen LogP contribution in [-0.2, 0) is 4.79 Å². The third-order valence-electron chi connectivity index (χ3n) is 3.88. The Morgan fingerprint density at radius 1 is 1.52 bits per heavy atom. The quantitative estimate of drug-likeness (QED) is 0.848. The first kappa shape index (κ1) is 15.7. The van der Waals surface area contributed by atoms with Crippen LogP contribution in [-0.4, -0.2) is 40.5 Å². The van der Waals surface area contributed by atoms with E-state index in [1.54, 1.807) is 25.4 Å². The molecule has 0 bridgehead atoms. The minimum absolute atomic E-state index is 0.0646. The molecule has 2 rings (SSSR count). The van der Waals surface area contributed by atoms with Crippen LogP contribution in [0.3, 0.4) is 0 Å². The van der Waals surface area contributed by atoms with Gasteiger partial charge in [-0.25, -0.2) is 9.97 Å². The van der Waals surface area contributed by atoms with E-state index in [0.717, 1.165) is 38.3 Å². The summed E-state index contributed by atoms with van der Waals surface area (Å²) in [6, 6.07) is 1.91. The maximum atomic E-state index is 12.3. The van der Waals surface area contributed by atoms with Crippen LogP contribution in [0, 0.1) is 0 Å². The van der Waals surface area contributed by atoms with Gasteiger partial charge in [-0.1, -0.05) is 13.3 Å². The van der Waals surface area contributed by atoms with Gasteiger partial charge >= 0.3 is 0 Å². The van der Waals surface area contributed by atoms with Crippen LogP contribution in [0.4, 0.5) is 5.95 Å². The van der Waals surface area contributed by atoms with Crippen molar-refractivity contribution in [3.63, 3.8) is 0 Å². The number of amides is 1. The Morgan fingerprint density at radius 3 is 2.90 bits per heavy atom. The minimum Gasteiger partial charge on any atom is -0.350 e. The lowest BCUT2D eigenvalue weighted by Crippen LogP contribution is -2.57. The maximum Gasteiger partial charge on any atom is 0.240 e. The minimum atomic E-state index is -0.791. The average molecular weight is 291 g/mol. The fraction of sp³-hybridized carbons (Fsp3) is 0.667. The molecule has 1 aromatic heterocycles. The summed E-state index contributed by atoms with van der Waals surface area (Å²) in [4.78, 5) is 22.9. The summed E-state index contributed by atoms with van der Waals surface area (Å²) in [6.07, 6.45) is 7.05. The highest BCUT2D eigenvalue weighted by Crippen LogP contribution is 2.16. The topological polar surface area (TPSA) is 84.1 Å². The summed E-state index contributed by atoms with van der Waals surface area (Å²) < 4.78 is 0. The van der Waals surface area contributed by atoms with Gasteiger partial charge in [0.25, 0.3) is 0 Å². The molecule has 0 aliphatic carbocycles. The molecule has 1 fully saturated rings. The molecule has 1 aromatic rings. The second-order valence-corrected chi connectivity index (χ2v) is 5.97. The first-order valence-corrected chi connectivity index (χ1v) is 7.64. The van der Waals surface area contributed by atoms with Gasteiger partial charge in [0.05, 0.1) is 5.54 Å². The van der Waals surface area contributed by atoms with E-state index in [1.807, 2.05) is 6.92 Å². The number of rotatable bonds is 5. The van der Waals surface area contributed by atoms with Crippen LogP contribution in [0.5, 0.6) is 0 Å². The van der Waals surface area contributed by atoms with E-state index in [9.17, 15) is 4.79 Å². The molecule has 3 N–H and O–H groups in total. The molecule has 0 spiro atoms. The highest BCUT2D eigenvalue weighted by molar-refractivity contribution is 5.85. The lowest BCUT2D eigenvalue weighted by atomic mass is 9.95. The van der Waals surface area contributed by atoms with E-state index >= 15 is 0 Å². The van der Waals surface area contributed by atoms with Gasteiger partial charge < -0.3 is 16.0 Å². The Labute approximate surface area is 126 Å². The molecule has 2 unspecified atom stereocenters. The zero-order valence-corrected chi connectivity index (χ0v) is 12.9. The van der Waals surface area contributed by atoms with E-state index in [-0.39, 0.29) is 11.9 Å². The SMILES string of the molecule is CCCC(C)(N)C(=O)NC1CCCN(c2ncccn2)C1. The molecule has 2 atom stereocenters. The first-order chi connectivity index (χ1) is 10.0. The first-order valence-electron chi connectivity index (χ1n) is 7.64. The molecule has 1 saturated heterocycles. The predicted octanol–water partition coefficient (Wildman–Crippen LogP) is 1.08. The second kappa shape index (κ2) is 6.85. The normalized spacial score (nSPS) is 21.7. The summed E-state index contributed by atoms with van der Waals surface area (Å²) in [5.41, 5.74) is 5.29. The molecule has 1 amide bonds.